The van der Waals surface area contributed by atoms with E-state index in [1.807, 2.05) is 0 Å². The van der Waals surface area contributed by atoms with Crippen LogP contribution in [0, 0.1) is 13.8 Å². The predicted molar refractivity (Wildman–Crippen MR) is 90.1 cm³/mol. The van der Waals surface area contributed by atoms with E-state index in [9.17, 15) is 18.0 Å². The van der Waals surface area contributed by atoms with Crippen LogP contribution in [-0.4, -0.2) is 24.1 Å². The lowest BCUT2D eigenvalue weighted by Crippen LogP contribution is -2.25. The molecule has 0 spiro atoms. The van der Waals surface area contributed by atoms with Crippen molar-refractivity contribution in [1.82, 2.24) is 4.57 Å². The van der Waals surface area contributed by atoms with Crippen LogP contribution in [0.4, 0.5) is 5.69 Å². The summed E-state index contributed by atoms with van der Waals surface area (Å²) in [5, 5.41) is 9.12. The van der Waals surface area contributed by atoms with Gasteiger partial charge in [0.15, 0.2) is 0 Å². The molecule has 7 nitrogen and oxygen atoms in total. The highest BCUT2D eigenvalue weighted by molar-refractivity contribution is 7.92. The molecule has 0 unspecified atom stereocenters. The van der Waals surface area contributed by atoms with Crippen LogP contribution in [0.3, 0.4) is 0 Å². The summed E-state index contributed by atoms with van der Waals surface area (Å²) in [5.41, 5.74) is 0.288. The maximum atomic E-state index is 12.6. The van der Waals surface area contributed by atoms with E-state index in [0.717, 1.165) is 6.07 Å². The molecule has 0 fully saturated rings. The van der Waals surface area contributed by atoms with Gasteiger partial charge in [-0.2, -0.15) is 0 Å². The number of aromatic nitrogens is 1. The Hall–Kier alpha value is -2.61. The Morgan fingerprint density at radius 3 is 2.54 bits per heavy atom. The van der Waals surface area contributed by atoms with Gasteiger partial charge in [-0.3, -0.25) is 9.52 Å². The number of aromatic carboxylic acids is 1. The normalized spacial score (nSPS) is 11.3. The number of hydrogen-bond acceptors (Lipinski definition) is 4. The van der Waals surface area contributed by atoms with Gasteiger partial charge in [-0.25, -0.2) is 13.2 Å². The minimum absolute atomic E-state index is 0.0860. The van der Waals surface area contributed by atoms with Crippen molar-refractivity contribution in [1.29, 1.82) is 0 Å². The van der Waals surface area contributed by atoms with Crippen molar-refractivity contribution in [3.8, 4) is 0 Å². The van der Waals surface area contributed by atoms with E-state index in [1.54, 1.807) is 33.0 Å². The first-order valence-corrected chi connectivity index (χ1v) is 8.72. The molecule has 0 aliphatic carbocycles. The van der Waals surface area contributed by atoms with Crippen molar-refractivity contribution in [3.05, 3.63) is 57.5 Å². The van der Waals surface area contributed by atoms with Crippen molar-refractivity contribution < 1.29 is 18.3 Å². The molecule has 0 radical (unpaired) electrons. The van der Waals surface area contributed by atoms with Crippen molar-refractivity contribution in [3.63, 3.8) is 0 Å². The number of nitrogens with zero attached hydrogens (tertiary/aromatic N) is 1. The fourth-order valence-electron chi connectivity index (χ4n) is 2.29. The van der Waals surface area contributed by atoms with Crippen molar-refractivity contribution in [2.45, 2.75) is 32.2 Å². The maximum absolute atomic E-state index is 12.6. The van der Waals surface area contributed by atoms with Crippen LogP contribution in [0.2, 0.25) is 0 Å². The number of rotatable bonds is 5. The zero-order chi connectivity index (χ0) is 18.1. The summed E-state index contributed by atoms with van der Waals surface area (Å²) in [5.74, 6) is -1.22. The third kappa shape index (κ3) is 3.33. The second-order valence-corrected chi connectivity index (χ2v) is 6.99. The number of carboxylic acids is 1. The van der Waals surface area contributed by atoms with Gasteiger partial charge < -0.3 is 9.67 Å². The van der Waals surface area contributed by atoms with Gasteiger partial charge in [0.2, 0.25) is 0 Å². The van der Waals surface area contributed by atoms with Crippen molar-refractivity contribution in [2.24, 2.45) is 0 Å². The van der Waals surface area contributed by atoms with Crippen molar-refractivity contribution >= 4 is 21.7 Å². The van der Waals surface area contributed by atoms with Crippen LogP contribution in [0.15, 0.2) is 40.2 Å². The molecule has 1 heterocycles. The number of aryl methyl sites for hydroxylation is 2. The summed E-state index contributed by atoms with van der Waals surface area (Å²) in [6.07, 6.45) is 1.56. The average Bonchev–Trinajstić information content (AvgIpc) is 2.51. The lowest BCUT2D eigenvalue weighted by Gasteiger charge is -2.13. The van der Waals surface area contributed by atoms with Gasteiger partial charge in [0.25, 0.3) is 15.6 Å². The number of carbonyl (C=O) groups is 1. The number of sulfonamides is 1. The number of nitrogens with one attached hydrogen (secondary N) is 1. The Labute approximate surface area is 139 Å². The molecule has 0 bridgehead atoms. The number of anilines is 1. The molecule has 0 amide bonds. The van der Waals surface area contributed by atoms with Crippen molar-refractivity contribution in [2.75, 3.05) is 4.72 Å². The quantitative estimate of drug-likeness (QED) is 0.858. The molecular weight excluding hydrogens is 332 g/mol. The summed E-state index contributed by atoms with van der Waals surface area (Å²) in [7, 11) is -4.10. The Bertz CT molecular complexity index is 961. The first-order valence-electron chi connectivity index (χ1n) is 7.24. The standard InChI is InChI=1S/C16H18N2O5S/c1-4-18-7-5-6-13(15(18)19)17-24(22,23)14-9-12(16(20)21)8-10(2)11(14)3/h5-9,17H,4H2,1-3H3,(H,20,21). The fraction of sp³-hybridized carbons (Fsp3) is 0.250. The van der Waals surface area contributed by atoms with Gasteiger partial charge in [-0.1, -0.05) is 0 Å². The topological polar surface area (TPSA) is 105 Å². The first-order chi connectivity index (χ1) is 11.2. The van der Waals surface area contributed by atoms with E-state index >= 15 is 0 Å². The molecule has 2 rings (SSSR count). The highest BCUT2D eigenvalue weighted by Gasteiger charge is 2.22. The first kappa shape index (κ1) is 17.7. The second kappa shape index (κ2) is 6.48. The van der Waals surface area contributed by atoms with E-state index in [0.29, 0.717) is 17.7 Å². The second-order valence-electron chi connectivity index (χ2n) is 5.34. The third-order valence-electron chi connectivity index (χ3n) is 3.76. The van der Waals surface area contributed by atoms with Crippen LogP contribution in [0.5, 0.6) is 0 Å². The zero-order valence-corrected chi connectivity index (χ0v) is 14.3. The summed E-state index contributed by atoms with van der Waals surface area (Å²) in [6.45, 7) is 5.39. The monoisotopic (exact) mass is 350 g/mol. The molecule has 0 aliphatic heterocycles. The Morgan fingerprint density at radius 2 is 1.96 bits per heavy atom. The van der Waals surface area contributed by atoms with Crippen LogP contribution in [-0.2, 0) is 16.6 Å². The molecule has 24 heavy (non-hydrogen) atoms. The third-order valence-corrected chi connectivity index (χ3v) is 5.25. The molecule has 0 atom stereocenters. The van der Waals surface area contributed by atoms with Gasteiger partial charge in [0.1, 0.15) is 5.69 Å². The van der Waals surface area contributed by atoms with Crippen LogP contribution >= 0.6 is 0 Å². The van der Waals surface area contributed by atoms with Gasteiger partial charge in [-0.15, -0.1) is 0 Å². The Morgan fingerprint density at radius 1 is 1.29 bits per heavy atom. The largest absolute Gasteiger partial charge is 0.478 e. The Balaban J connectivity index is 2.57. The molecule has 2 N–H and O–H groups in total. The molecule has 0 saturated carbocycles. The SMILES string of the molecule is CCn1cccc(NS(=O)(=O)c2cc(C(=O)O)cc(C)c2C)c1=O. The Kier molecular flexibility index (Phi) is 4.79. The van der Waals surface area contributed by atoms with E-state index in [2.05, 4.69) is 4.72 Å². The minimum Gasteiger partial charge on any atom is -0.478 e. The molecule has 2 aromatic rings. The highest BCUT2D eigenvalue weighted by Crippen LogP contribution is 2.23. The maximum Gasteiger partial charge on any atom is 0.335 e. The summed E-state index contributed by atoms with van der Waals surface area (Å²) in [6, 6.07) is 5.43. The highest BCUT2D eigenvalue weighted by atomic mass is 32.2. The van der Waals surface area contributed by atoms with E-state index in [-0.39, 0.29) is 16.1 Å². The van der Waals surface area contributed by atoms with Crippen LogP contribution < -0.4 is 10.3 Å². The van der Waals surface area contributed by atoms with Crippen LogP contribution in [0.1, 0.15) is 28.4 Å². The predicted octanol–water partition coefficient (Wildman–Crippen LogP) is 1.98. The van der Waals surface area contributed by atoms with Gasteiger partial charge in [0.05, 0.1) is 10.5 Å². The summed E-state index contributed by atoms with van der Waals surface area (Å²) >= 11 is 0. The number of pyridine rings is 1. The van der Waals surface area contributed by atoms with E-state index in [4.69, 9.17) is 5.11 Å². The van der Waals surface area contributed by atoms with Gasteiger partial charge in [-0.05, 0) is 56.2 Å². The average molecular weight is 350 g/mol. The zero-order valence-electron chi connectivity index (χ0n) is 13.5. The number of benzene rings is 1. The molecular formula is C16H18N2O5S. The lowest BCUT2D eigenvalue weighted by molar-refractivity contribution is 0.0696. The minimum atomic E-state index is -4.10. The number of hydrogen-bond donors (Lipinski definition) is 2. The molecule has 0 aliphatic rings. The van der Waals surface area contributed by atoms with E-state index < -0.39 is 21.6 Å². The summed E-state index contributed by atoms with van der Waals surface area (Å²) < 4.78 is 28.9. The smallest absolute Gasteiger partial charge is 0.335 e. The van der Waals surface area contributed by atoms with Crippen LogP contribution in [0.25, 0.3) is 0 Å². The molecule has 1 aromatic heterocycles. The summed E-state index contributed by atoms with van der Waals surface area (Å²) in [4.78, 5) is 23.2. The lowest BCUT2D eigenvalue weighted by atomic mass is 10.1. The number of carboxylic acid groups (broad SMARTS) is 1. The fourth-order valence-corrected chi connectivity index (χ4v) is 3.69. The van der Waals surface area contributed by atoms with Gasteiger partial charge >= 0.3 is 5.97 Å². The molecule has 1 aromatic carbocycles. The van der Waals surface area contributed by atoms with Gasteiger partial charge in [0, 0.05) is 12.7 Å². The van der Waals surface area contributed by atoms with E-state index in [1.165, 1.54) is 16.7 Å². The molecule has 128 valence electrons. The molecule has 8 heteroatoms. The molecule has 0 saturated heterocycles.